The molecular weight excluding hydrogens is 194 g/mol. The van der Waals surface area contributed by atoms with Crippen molar-refractivity contribution in [2.75, 3.05) is 0 Å². The van der Waals surface area contributed by atoms with Crippen LogP contribution in [0.3, 0.4) is 0 Å². The molecule has 0 heterocycles. The molecule has 1 fully saturated rings. The second kappa shape index (κ2) is 4.49. The standard InChI is InChI=1S/C11H21NO3/c1-11(2)5-3-7(4-6-11)9(13)8(12)10(14)15/h7-9,13H,3-6,12H2,1-2H3,(H,14,15). The summed E-state index contributed by atoms with van der Waals surface area (Å²) in [5.41, 5.74) is 5.73. The molecule has 15 heavy (non-hydrogen) atoms. The van der Waals surface area contributed by atoms with E-state index in [1.807, 2.05) is 0 Å². The van der Waals surface area contributed by atoms with Crippen LogP contribution in [0, 0.1) is 11.3 Å². The Bertz CT molecular complexity index is 230. The Morgan fingerprint density at radius 1 is 1.40 bits per heavy atom. The van der Waals surface area contributed by atoms with Crippen LogP contribution in [-0.2, 0) is 4.79 Å². The first-order valence-corrected chi connectivity index (χ1v) is 5.50. The molecule has 0 aromatic carbocycles. The number of aliphatic hydroxyl groups excluding tert-OH is 1. The number of carboxylic acid groups (broad SMARTS) is 1. The summed E-state index contributed by atoms with van der Waals surface area (Å²) in [6.45, 7) is 4.40. The Morgan fingerprint density at radius 2 is 1.87 bits per heavy atom. The molecule has 88 valence electrons. The molecule has 1 saturated carbocycles. The number of hydrogen-bond acceptors (Lipinski definition) is 3. The quantitative estimate of drug-likeness (QED) is 0.655. The van der Waals surface area contributed by atoms with Crippen LogP contribution in [-0.4, -0.2) is 28.3 Å². The van der Waals surface area contributed by atoms with Crippen molar-refractivity contribution in [3.8, 4) is 0 Å². The van der Waals surface area contributed by atoms with Gasteiger partial charge in [-0.1, -0.05) is 13.8 Å². The largest absolute Gasteiger partial charge is 0.480 e. The molecule has 2 atom stereocenters. The van der Waals surface area contributed by atoms with Crippen LogP contribution in [0.5, 0.6) is 0 Å². The molecule has 0 aromatic rings. The summed E-state index contributed by atoms with van der Waals surface area (Å²) in [5, 5.41) is 18.5. The SMILES string of the molecule is CC1(C)CCC(C(O)C(N)C(=O)O)CC1. The molecule has 0 bridgehead atoms. The third-order valence-corrected chi connectivity index (χ3v) is 3.52. The van der Waals surface area contributed by atoms with E-state index in [1.54, 1.807) is 0 Å². The summed E-state index contributed by atoms with van der Waals surface area (Å²) in [6, 6.07) is -1.14. The fourth-order valence-corrected chi connectivity index (χ4v) is 2.20. The minimum Gasteiger partial charge on any atom is -0.480 e. The van der Waals surface area contributed by atoms with Gasteiger partial charge >= 0.3 is 5.97 Å². The van der Waals surface area contributed by atoms with E-state index in [-0.39, 0.29) is 5.92 Å². The van der Waals surface area contributed by atoms with Crippen LogP contribution in [0.15, 0.2) is 0 Å². The zero-order chi connectivity index (χ0) is 11.6. The van der Waals surface area contributed by atoms with Gasteiger partial charge in [0.1, 0.15) is 6.04 Å². The molecule has 0 radical (unpaired) electrons. The highest BCUT2D eigenvalue weighted by atomic mass is 16.4. The van der Waals surface area contributed by atoms with E-state index < -0.39 is 18.1 Å². The van der Waals surface area contributed by atoms with Gasteiger partial charge in [0.2, 0.25) is 0 Å². The summed E-state index contributed by atoms with van der Waals surface area (Å²) in [5.74, 6) is -1.07. The zero-order valence-corrected chi connectivity index (χ0v) is 9.44. The van der Waals surface area contributed by atoms with Crippen LogP contribution in [0.1, 0.15) is 39.5 Å². The molecule has 4 N–H and O–H groups in total. The Kier molecular flexibility index (Phi) is 3.73. The molecule has 0 saturated heterocycles. The monoisotopic (exact) mass is 215 g/mol. The highest BCUT2D eigenvalue weighted by Gasteiger charge is 2.35. The maximum absolute atomic E-state index is 10.6. The molecule has 0 amide bonds. The van der Waals surface area contributed by atoms with Crippen molar-refractivity contribution in [2.24, 2.45) is 17.1 Å². The molecule has 0 aromatic heterocycles. The van der Waals surface area contributed by atoms with Gasteiger partial charge in [0.05, 0.1) is 6.10 Å². The second-order valence-electron chi connectivity index (χ2n) is 5.36. The minimum absolute atomic E-state index is 0.0455. The maximum Gasteiger partial charge on any atom is 0.323 e. The summed E-state index contributed by atoms with van der Waals surface area (Å²) < 4.78 is 0. The molecule has 2 unspecified atom stereocenters. The maximum atomic E-state index is 10.6. The molecule has 1 aliphatic rings. The van der Waals surface area contributed by atoms with Gasteiger partial charge in [-0.05, 0) is 37.0 Å². The summed E-state index contributed by atoms with van der Waals surface area (Å²) in [6.07, 6.45) is 2.89. The van der Waals surface area contributed by atoms with Gasteiger partial charge in [-0.3, -0.25) is 4.79 Å². The predicted molar refractivity (Wildman–Crippen MR) is 57.4 cm³/mol. The Balaban J connectivity index is 2.49. The Hall–Kier alpha value is -0.610. The number of hydrogen-bond donors (Lipinski definition) is 3. The van der Waals surface area contributed by atoms with Crippen LogP contribution in [0.4, 0.5) is 0 Å². The van der Waals surface area contributed by atoms with Gasteiger partial charge in [0.25, 0.3) is 0 Å². The smallest absolute Gasteiger partial charge is 0.323 e. The summed E-state index contributed by atoms with van der Waals surface area (Å²) in [4.78, 5) is 10.6. The first-order chi connectivity index (χ1) is 6.83. The topological polar surface area (TPSA) is 83.5 Å². The third kappa shape index (κ3) is 3.18. The summed E-state index contributed by atoms with van der Waals surface area (Å²) >= 11 is 0. The van der Waals surface area contributed by atoms with Crippen LogP contribution >= 0.6 is 0 Å². The van der Waals surface area contributed by atoms with Crippen LogP contribution in [0.2, 0.25) is 0 Å². The van der Waals surface area contributed by atoms with Gasteiger partial charge in [-0.25, -0.2) is 0 Å². The molecule has 0 spiro atoms. The average Bonchev–Trinajstić information content (AvgIpc) is 2.15. The van der Waals surface area contributed by atoms with Gasteiger partial charge in [0.15, 0.2) is 0 Å². The van der Waals surface area contributed by atoms with Gasteiger partial charge < -0.3 is 15.9 Å². The molecule has 1 aliphatic carbocycles. The van der Waals surface area contributed by atoms with Crippen molar-refractivity contribution < 1.29 is 15.0 Å². The Morgan fingerprint density at radius 3 is 2.27 bits per heavy atom. The van der Waals surface area contributed by atoms with E-state index in [4.69, 9.17) is 10.8 Å². The molecular formula is C11H21NO3. The van der Waals surface area contributed by atoms with Crippen molar-refractivity contribution in [3.63, 3.8) is 0 Å². The number of aliphatic carboxylic acids is 1. The highest BCUT2D eigenvalue weighted by Crippen LogP contribution is 2.39. The van der Waals surface area contributed by atoms with Crippen LogP contribution in [0.25, 0.3) is 0 Å². The Labute approximate surface area is 90.5 Å². The van der Waals surface area contributed by atoms with Gasteiger partial charge in [-0.15, -0.1) is 0 Å². The fraction of sp³-hybridized carbons (Fsp3) is 0.909. The van der Waals surface area contributed by atoms with E-state index in [9.17, 15) is 9.90 Å². The van der Waals surface area contributed by atoms with Gasteiger partial charge in [-0.2, -0.15) is 0 Å². The van der Waals surface area contributed by atoms with Crippen molar-refractivity contribution in [1.82, 2.24) is 0 Å². The fourth-order valence-electron chi connectivity index (χ4n) is 2.20. The van der Waals surface area contributed by atoms with Crippen molar-refractivity contribution in [2.45, 2.75) is 51.7 Å². The van der Waals surface area contributed by atoms with Gasteiger partial charge in [0, 0.05) is 0 Å². The van der Waals surface area contributed by atoms with Crippen LogP contribution < -0.4 is 5.73 Å². The minimum atomic E-state index is -1.14. The van der Waals surface area contributed by atoms with E-state index >= 15 is 0 Å². The predicted octanol–water partition coefficient (Wildman–Crippen LogP) is 0.976. The lowest BCUT2D eigenvalue weighted by atomic mass is 9.71. The average molecular weight is 215 g/mol. The molecule has 4 heteroatoms. The first-order valence-electron chi connectivity index (χ1n) is 5.50. The van der Waals surface area contributed by atoms with Crippen molar-refractivity contribution in [1.29, 1.82) is 0 Å². The molecule has 4 nitrogen and oxygen atoms in total. The molecule has 0 aliphatic heterocycles. The number of aliphatic hydroxyl groups is 1. The number of rotatable bonds is 3. The highest BCUT2D eigenvalue weighted by molar-refractivity contribution is 5.73. The summed E-state index contributed by atoms with van der Waals surface area (Å²) in [7, 11) is 0. The van der Waals surface area contributed by atoms with E-state index in [0.717, 1.165) is 25.7 Å². The zero-order valence-electron chi connectivity index (χ0n) is 9.44. The lowest BCUT2D eigenvalue weighted by Crippen LogP contribution is -2.47. The van der Waals surface area contributed by atoms with E-state index in [1.165, 1.54) is 0 Å². The second-order valence-corrected chi connectivity index (χ2v) is 5.36. The van der Waals surface area contributed by atoms with Crippen molar-refractivity contribution in [3.05, 3.63) is 0 Å². The lowest BCUT2D eigenvalue weighted by molar-refractivity contribution is -0.142. The lowest BCUT2D eigenvalue weighted by Gasteiger charge is -2.37. The van der Waals surface area contributed by atoms with Crippen molar-refractivity contribution >= 4 is 5.97 Å². The normalized spacial score (nSPS) is 25.9. The number of nitrogens with two attached hydrogens (primary N) is 1. The van der Waals surface area contributed by atoms with E-state index in [2.05, 4.69) is 13.8 Å². The first kappa shape index (κ1) is 12.5. The van der Waals surface area contributed by atoms with E-state index in [0.29, 0.717) is 5.41 Å². The third-order valence-electron chi connectivity index (χ3n) is 3.52. The number of carbonyl (C=O) groups is 1. The molecule has 1 rings (SSSR count). The number of carboxylic acids is 1.